The minimum atomic E-state index is 0.135. The third-order valence-electron chi connectivity index (χ3n) is 3.01. The average Bonchev–Trinajstić information content (AvgIpc) is 2.61. The van der Waals surface area contributed by atoms with E-state index in [-0.39, 0.29) is 12.1 Å². The fraction of sp³-hybridized carbons (Fsp3) is 0.417. The second-order valence-corrected chi connectivity index (χ2v) is 5.71. The number of carbonyl (C=O) groups excluding carboxylic acids is 1. The maximum Gasteiger partial charge on any atom is 0.324 e. The van der Waals surface area contributed by atoms with Crippen LogP contribution in [0.15, 0.2) is 24.3 Å². The highest BCUT2D eigenvalue weighted by Gasteiger charge is 2.30. The van der Waals surface area contributed by atoms with Crippen LogP contribution in [-0.2, 0) is 0 Å². The largest absolute Gasteiger partial charge is 0.324 e. The molecule has 0 unspecified atom stereocenters. The van der Waals surface area contributed by atoms with Crippen LogP contribution >= 0.6 is 0 Å². The Labute approximate surface area is 99.5 Å². The smallest absolute Gasteiger partial charge is 0.320 e. The molecule has 2 amide bonds. The summed E-state index contributed by atoms with van der Waals surface area (Å²) in [6, 6.07) is 8.72. The molecule has 0 bridgehead atoms. The molecule has 0 radical (unpaired) electrons. The first kappa shape index (κ1) is 11.2. The number of nitrogens with zero attached hydrogens (tertiary/aromatic N) is 2. The summed E-state index contributed by atoms with van der Waals surface area (Å²) < 4.78 is 0. The van der Waals surface area contributed by atoms with Gasteiger partial charge < -0.3 is 4.90 Å². The summed E-state index contributed by atoms with van der Waals surface area (Å²) >= 11 is 0. The van der Waals surface area contributed by atoms with Crippen LogP contribution in [0, 0.1) is 0 Å². The molecular formula is C12H18N2OSi. The maximum atomic E-state index is 12.1. The SMILES string of the molecule is CC(C)N1CCN(c2ccc([SiH3])cc2)C1=O. The molecule has 86 valence electrons. The molecule has 1 saturated heterocycles. The van der Waals surface area contributed by atoms with E-state index in [1.807, 2.05) is 21.9 Å². The topological polar surface area (TPSA) is 23.6 Å². The van der Waals surface area contributed by atoms with E-state index in [4.69, 9.17) is 0 Å². The van der Waals surface area contributed by atoms with Gasteiger partial charge in [0.2, 0.25) is 0 Å². The van der Waals surface area contributed by atoms with Crippen molar-refractivity contribution in [3.05, 3.63) is 24.3 Å². The lowest BCUT2D eigenvalue weighted by Gasteiger charge is -2.21. The van der Waals surface area contributed by atoms with Crippen LogP contribution in [0.25, 0.3) is 0 Å². The van der Waals surface area contributed by atoms with Crippen molar-refractivity contribution in [2.45, 2.75) is 19.9 Å². The van der Waals surface area contributed by atoms with Gasteiger partial charge in [-0.25, -0.2) is 4.79 Å². The standard InChI is InChI=1S/C12H18N2OSi/c1-9(2)13-7-8-14(12(13)15)10-3-5-11(16)6-4-10/h3-6,9H,7-8H2,1-2,16H3. The van der Waals surface area contributed by atoms with E-state index < -0.39 is 0 Å². The molecule has 2 rings (SSSR count). The van der Waals surface area contributed by atoms with Crippen LogP contribution in [0.4, 0.5) is 10.5 Å². The number of amides is 2. The van der Waals surface area contributed by atoms with Crippen molar-refractivity contribution in [1.29, 1.82) is 0 Å². The monoisotopic (exact) mass is 234 g/mol. The fourth-order valence-electron chi connectivity index (χ4n) is 2.00. The van der Waals surface area contributed by atoms with Gasteiger partial charge in [0, 0.05) is 35.1 Å². The summed E-state index contributed by atoms with van der Waals surface area (Å²) in [5.41, 5.74) is 1.02. The fourth-order valence-corrected chi connectivity index (χ4v) is 2.33. The van der Waals surface area contributed by atoms with E-state index in [0.717, 1.165) is 29.0 Å². The lowest BCUT2D eigenvalue weighted by atomic mass is 10.3. The van der Waals surface area contributed by atoms with E-state index in [1.165, 1.54) is 5.19 Å². The Morgan fingerprint density at radius 3 is 2.31 bits per heavy atom. The average molecular weight is 234 g/mol. The van der Waals surface area contributed by atoms with E-state index >= 15 is 0 Å². The summed E-state index contributed by atoms with van der Waals surface area (Å²) in [5.74, 6) is 0. The second kappa shape index (κ2) is 4.29. The zero-order chi connectivity index (χ0) is 11.7. The molecule has 0 aromatic heterocycles. The number of hydrogen-bond acceptors (Lipinski definition) is 1. The van der Waals surface area contributed by atoms with E-state index in [1.54, 1.807) is 0 Å². The van der Waals surface area contributed by atoms with E-state index in [2.05, 4.69) is 26.0 Å². The van der Waals surface area contributed by atoms with Crippen molar-refractivity contribution in [3.63, 3.8) is 0 Å². The molecule has 0 atom stereocenters. The molecule has 0 aliphatic carbocycles. The van der Waals surface area contributed by atoms with Crippen molar-refractivity contribution >= 4 is 27.1 Å². The summed E-state index contributed by atoms with van der Waals surface area (Å²) in [5, 5.41) is 1.36. The first-order valence-corrected chi connectivity index (χ1v) is 6.74. The van der Waals surface area contributed by atoms with Crippen LogP contribution in [0.5, 0.6) is 0 Å². The van der Waals surface area contributed by atoms with Gasteiger partial charge in [-0.05, 0) is 26.0 Å². The molecular weight excluding hydrogens is 216 g/mol. The summed E-state index contributed by atoms with van der Waals surface area (Å²) in [6.45, 7) is 5.75. The van der Waals surface area contributed by atoms with Crippen LogP contribution in [0.1, 0.15) is 13.8 Å². The lowest BCUT2D eigenvalue weighted by Crippen LogP contribution is -2.36. The highest BCUT2D eigenvalue weighted by molar-refractivity contribution is 6.32. The van der Waals surface area contributed by atoms with Crippen LogP contribution < -0.4 is 10.1 Å². The van der Waals surface area contributed by atoms with Gasteiger partial charge in [0.15, 0.2) is 0 Å². The van der Waals surface area contributed by atoms with Crippen LogP contribution in [0.3, 0.4) is 0 Å². The quantitative estimate of drug-likeness (QED) is 0.676. The zero-order valence-electron chi connectivity index (χ0n) is 10.1. The third kappa shape index (κ3) is 1.97. The van der Waals surface area contributed by atoms with Crippen molar-refractivity contribution < 1.29 is 4.79 Å². The molecule has 0 spiro atoms. The van der Waals surface area contributed by atoms with Crippen molar-refractivity contribution in [2.75, 3.05) is 18.0 Å². The molecule has 0 saturated carbocycles. The minimum absolute atomic E-state index is 0.135. The summed E-state index contributed by atoms with van der Waals surface area (Å²) in [6.07, 6.45) is 0. The summed E-state index contributed by atoms with van der Waals surface area (Å²) in [7, 11) is 1.06. The number of benzene rings is 1. The molecule has 1 heterocycles. The maximum absolute atomic E-state index is 12.1. The molecule has 1 aliphatic rings. The lowest BCUT2D eigenvalue weighted by molar-refractivity contribution is 0.209. The Balaban J connectivity index is 2.18. The Morgan fingerprint density at radius 2 is 1.81 bits per heavy atom. The first-order valence-electron chi connectivity index (χ1n) is 5.74. The van der Waals surface area contributed by atoms with Gasteiger partial charge in [-0.3, -0.25) is 4.90 Å². The van der Waals surface area contributed by atoms with Crippen molar-refractivity contribution in [3.8, 4) is 0 Å². The molecule has 1 fully saturated rings. The van der Waals surface area contributed by atoms with Crippen LogP contribution in [-0.4, -0.2) is 40.3 Å². The number of anilines is 1. The number of urea groups is 1. The zero-order valence-corrected chi connectivity index (χ0v) is 12.1. The highest BCUT2D eigenvalue weighted by Crippen LogP contribution is 2.20. The Bertz CT molecular complexity index is 389. The number of hydrogen-bond donors (Lipinski definition) is 0. The van der Waals surface area contributed by atoms with Gasteiger partial charge >= 0.3 is 6.03 Å². The normalized spacial score (nSPS) is 16.6. The number of rotatable bonds is 2. The molecule has 1 aromatic rings. The van der Waals surface area contributed by atoms with Gasteiger partial charge in [-0.1, -0.05) is 17.3 Å². The number of carbonyl (C=O) groups is 1. The molecule has 1 aromatic carbocycles. The third-order valence-corrected chi connectivity index (χ3v) is 3.68. The first-order chi connectivity index (χ1) is 7.59. The summed E-state index contributed by atoms with van der Waals surface area (Å²) in [4.78, 5) is 15.9. The van der Waals surface area contributed by atoms with Gasteiger partial charge in [0.25, 0.3) is 0 Å². The van der Waals surface area contributed by atoms with Crippen molar-refractivity contribution in [2.24, 2.45) is 0 Å². The molecule has 4 heteroatoms. The van der Waals surface area contributed by atoms with Crippen molar-refractivity contribution in [1.82, 2.24) is 4.90 Å². The molecule has 0 N–H and O–H groups in total. The van der Waals surface area contributed by atoms with Gasteiger partial charge in [0.05, 0.1) is 0 Å². The van der Waals surface area contributed by atoms with Gasteiger partial charge in [-0.15, -0.1) is 0 Å². The van der Waals surface area contributed by atoms with E-state index in [9.17, 15) is 4.79 Å². The Hall–Kier alpha value is -1.29. The van der Waals surface area contributed by atoms with Gasteiger partial charge in [0.1, 0.15) is 0 Å². The predicted molar refractivity (Wildman–Crippen MR) is 70.6 cm³/mol. The molecule has 3 nitrogen and oxygen atoms in total. The highest BCUT2D eigenvalue weighted by atomic mass is 28.1. The molecule has 1 aliphatic heterocycles. The Morgan fingerprint density at radius 1 is 1.19 bits per heavy atom. The minimum Gasteiger partial charge on any atom is -0.320 e. The van der Waals surface area contributed by atoms with E-state index in [0.29, 0.717) is 0 Å². The second-order valence-electron chi connectivity index (χ2n) is 4.56. The van der Waals surface area contributed by atoms with Gasteiger partial charge in [-0.2, -0.15) is 0 Å². The molecule has 16 heavy (non-hydrogen) atoms. The van der Waals surface area contributed by atoms with Crippen LogP contribution in [0.2, 0.25) is 0 Å². The Kier molecular flexibility index (Phi) is 3.00. The predicted octanol–water partition coefficient (Wildman–Crippen LogP) is 0.328.